The molecule has 33 heavy (non-hydrogen) atoms. The van der Waals surface area contributed by atoms with E-state index in [0.717, 1.165) is 47.0 Å². The smallest absolute Gasteiger partial charge is 0.268 e. The van der Waals surface area contributed by atoms with Crippen LogP contribution in [0.15, 0.2) is 30.5 Å². The number of nitrogens with zero attached hydrogens (tertiary/aromatic N) is 4. The van der Waals surface area contributed by atoms with Crippen molar-refractivity contribution in [3.63, 3.8) is 0 Å². The van der Waals surface area contributed by atoms with Gasteiger partial charge in [0, 0.05) is 18.4 Å². The molecule has 3 heterocycles. The van der Waals surface area contributed by atoms with E-state index >= 15 is 0 Å². The predicted octanol–water partition coefficient (Wildman–Crippen LogP) is 3.44. The second-order valence-electron chi connectivity index (χ2n) is 11.3. The molecule has 1 amide bonds. The number of aliphatic hydroxyl groups is 1. The van der Waals surface area contributed by atoms with Gasteiger partial charge in [-0.05, 0) is 92.2 Å². The van der Waals surface area contributed by atoms with Crippen LogP contribution in [0.25, 0.3) is 17.0 Å². The molecule has 0 radical (unpaired) electrons. The Morgan fingerprint density at radius 3 is 3.00 bits per heavy atom. The molecule has 2 N–H and O–H groups in total. The number of carbonyl (C=O) groups is 1. The third kappa shape index (κ3) is 2.75. The van der Waals surface area contributed by atoms with Crippen molar-refractivity contribution in [3.05, 3.63) is 41.9 Å². The zero-order valence-electron chi connectivity index (χ0n) is 19.1. The van der Waals surface area contributed by atoms with Gasteiger partial charge >= 0.3 is 0 Å². The van der Waals surface area contributed by atoms with Crippen LogP contribution < -0.4 is 5.32 Å². The van der Waals surface area contributed by atoms with Gasteiger partial charge in [-0.3, -0.25) is 13.9 Å². The second kappa shape index (κ2) is 6.69. The Morgan fingerprint density at radius 2 is 2.12 bits per heavy atom. The number of imidazole rings is 1. The molecule has 0 aromatic carbocycles. The highest BCUT2D eigenvalue weighted by Crippen LogP contribution is 2.78. The van der Waals surface area contributed by atoms with E-state index in [0.29, 0.717) is 23.1 Å². The molecular formula is C26H31N5O2. The van der Waals surface area contributed by atoms with Crippen molar-refractivity contribution in [1.82, 2.24) is 24.5 Å². The van der Waals surface area contributed by atoms with E-state index in [1.807, 2.05) is 41.8 Å². The first-order valence-electron chi connectivity index (χ1n) is 12.4. The topological polar surface area (TPSA) is 84.5 Å². The second-order valence-corrected chi connectivity index (χ2v) is 11.3. The van der Waals surface area contributed by atoms with Gasteiger partial charge in [-0.15, -0.1) is 0 Å². The van der Waals surface area contributed by atoms with Gasteiger partial charge < -0.3 is 10.4 Å². The Morgan fingerprint density at radius 1 is 1.21 bits per heavy atom. The molecule has 1 spiro atoms. The number of aryl methyl sites for hydroxylation is 1. The van der Waals surface area contributed by atoms with E-state index in [9.17, 15) is 9.90 Å². The zero-order chi connectivity index (χ0) is 22.4. The molecule has 0 saturated heterocycles. The molecule has 7 nitrogen and oxygen atoms in total. The van der Waals surface area contributed by atoms with Crippen molar-refractivity contribution in [1.29, 1.82) is 0 Å². The third-order valence-corrected chi connectivity index (χ3v) is 9.49. The first-order chi connectivity index (χ1) is 16.0. The zero-order valence-corrected chi connectivity index (χ0v) is 19.1. The highest BCUT2D eigenvalue weighted by atomic mass is 16.3. The normalized spacial score (nSPS) is 33.5. The first-order valence-corrected chi connectivity index (χ1v) is 12.4. The van der Waals surface area contributed by atoms with Gasteiger partial charge in [0.25, 0.3) is 5.91 Å². The molecule has 7 heteroatoms. The van der Waals surface area contributed by atoms with Gasteiger partial charge in [0.15, 0.2) is 0 Å². The van der Waals surface area contributed by atoms with E-state index in [4.69, 9.17) is 4.98 Å². The Balaban J connectivity index is 1.13. The maximum atomic E-state index is 13.3. The van der Waals surface area contributed by atoms with Crippen LogP contribution in [0.2, 0.25) is 0 Å². The summed E-state index contributed by atoms with van der Waals surface area (Å²) >= 11 is 0. The number of pyridine rings is 1. The molecule has 4 aliphatic carbocycles. The summed E-state index contributed by atoms with van der Waals surface area (Å²) in [5.74, 6) is 2.77. The van der Waals surface area contributed by atoms with E-state index < -0.39 is 0 Å². The minimum atomic E-state index is -0.0212. The molecule has 172 valence electrons. The molecule has 0 aliphatic heterocycles. The summed E-state index contributed by atoms with van der Waals surface area (Å²) in [6.45, 7) is 3.27. The molecule has 7 rings (SSSR count). The van der Waals surface area contributed by atoms with Crippen molar-refractivity contribution in [2.75, 3.05) is 13.2 Å². The molecule has 5 unspecified atom stereocenters. The van der Waals surface area contributed by atoms with Crippen LogP contribution in [0.5, 0.6) is 0 Å². The van der Waals surface area contributed by atoms with Crippen LogP contribution in [0, 0.1) is 35.5 Å². The molecular weight excluding hydrogens is 414 g/mol. The van der Waals surface area contributed by atoms with Crippen molar-refractivity contribution >= 4 is 11.6 Å². The maximum absolute atomic E-state index is 13.3. The summed E-state index contributed by atoms with van der Waals surface area (Å²) in [4.78, 5) is 18.0. The Kier molecular flexibility index (Phi) is 4.01. The molecule has 3 aromatic rings. The Bertz CT molecular complexity index is 1270. The molecule has 3 aromatic heterocycles. The predicted molar refractivity (Wildman–Crippen MR) is 124 cm³/mol. The molecule has 4 aliphatic rings. The Labute approximate surface area is 193 Å². The van der Waals surface area contributed by atoms with Crippen molar-refractivity contribution in [3.8, 4) is 11.4 Å². The monoisotopic (exact) mass is 445 g/mol. The number of nitrogens with one attached hydrogen (secondary N) is 1. The van der Waals surface area contributed by atoms with Crippen LogP contribution >= 0.6 is 0 Å². The number of fused-ring (bicyclic) bond motifs is 3. The number of amides is 1. The number of carbonyl (C=O) groups excluding carboxylic acids is 1. The van der Waals surface area contributed by atoms with Crippen molar-refractivity contribution < 1.29 is 9.90 Å². The molecule has 5 atom stereocenters. The minimum Gasteiger partial charge on any atom is -0.394 e. The number of hydrogen-bond acceptors (Lipinski definition) is 4. The SMILES string of the molecule is Cc1cc(-c2cn3c(C(=O)NCC45CC6CC7CC(C4)C7(C6)C5)cccc3n2)nn1CCO. The van der Waals surface area contributed by atoms with Gasteiger partial charge in [0.05, 0.1) is 13.2 Å². The largest absolute Gasteiger partial charge is 0.394 e. The molecule has 3 bridgehead atoms. The summed E-state index contributed by atoms with van der Waals surface area (Å²) in [6.07, 6.45) is 10.2. The van der Waals surface area contributed by atoms with Crippen LogP contribution in [-0.4, -0.2) is 43.3 Å². The van der Waals surface area contributed by atoms with Crippen LogP contribution in [0.1, 0.15) is 54.7 Å². The highest BCUT2D eigenvalue weighted by molar-refractivity contribution is 5.93. The molecule has 4 saturated carbocycles. The fraction of sp³-hybridized carbons (Fsp3) is 0.577. The van der Waals surface area contributed by atoms with Crippen molar-refractivity contribution in [2.45, 2.75) is 52.0 Å². The molecule has 4 fully saturated rings. The van der Waals surface area contributed by atoms with E-state index in [2.05, 4.69) is 10.4 Å². The minimum absolute atomic E-state index is 0.0212. The fourth-order valence-corrected chi connectivity index (χ4v) is 8.38. The van der Waals surface area contributed by atoms with Crippen LogP contribution in [0.3, 0.4) is 0 Å². The van der Waals surface area contributed by atoms with Gasteiger partial charge in [-0.2, -0.15) is 5.10 Å². The maximum Gasteiger partial charge on any atom is 0.268 e. The lowest BCUT2D eigenvalue weighted by Gasteiger charge is -2.49. The quantitative estimate of drug-likeness (QED) is 0.609. The standard InChI is InChI=1S/C26H31N5O2/c1-16-7-20(29-31(16)5-6-32)21-13-30-22(3-2-4-23(30)28-21)24(33)27-15-25-10-17-8-18-9-19(12-25)26(18,11-17)14-25/h2-4,7,13,17-19,32H,5-6,8-12,14-15H2,1H3,(H,27,33). The van der Waals surface area contributed by atoms with Gasteiger partial charge in [-0.1, -0.05) is 6.07 Å². The summed E-state index contributed by atoms with van der Waals surface area (Å²) in [5.41, 5.74) is 4.77. The van der Waals surface area contributed by atoms with E-state index in [1.165, 1.54) is 38.5 Å². The van der Waals surface area contributed by atoms with Crippen LogP contribution in [-0.2, 0) is 6.54 Å². The van der Waals surface area contributed by atoms with Gasteiger partial charge in [-0.25, -0.2) is 4.98 Å². The third-order valence-electron chi connectivity index (χ3n) is 9.49. The average molecular weight is 446 g/mol. The first kappa shape index (κ1) is 19.8. The average Bonchev–Trinajstić information content (AvgIpc) is 3.48. The summed E-state index contributed by atoms with van der Waals surface area (Å²) < 4.78 is 3.66. The number of aromatic nitrogens is 4. The lowest BCUT2D eigenvalue weighted by Crippen LogP contribution is -2.43. The Hall–Kier alpha value is -2.67. The van der Waals surface area contributed by atoms with Crippen LogP contribution in [0.4, 0.5) is 0 Å². The van der Waals surface area contributed by atoms with E-state index in [1.54, 1.807) is 4.68 Å². The number of hydrogen-bond donors (Lipinski definition) is 2. The van der Waals surface area contributed by atoms with E-state index in [-0.39, 0.29) is 12.5 Å². The lowest BCUT2D eigenvalue weighted by atomic mass is 9.55. The summed E-state index contributed by atoms with van der Waals surface area (Å²) in [7, 11) is 0. The van der Waals surface area contributed by atoms with Gasteiger partial charge in [0.1, 0.15) is 22.7 Å². The highest BCUT2D eigenvalue weighted by Gasteiger charge is 2.70. The lowest BCUT2D eigenvalue weighted by molar-refractivity contribution is -0.00254. The fourth-order valence-electron chi connectivity index (χ4n) is 8.38. The van der Waals surface area contributed by atoms with Crippen molar-refractivity contribution in [2.24, 2.45) is 28.6 Å². The number of rotatable bonds is 6. The summed E-state index contributed by atoms with van der Waals surface area (Å²) in [6, 6.07) is 7.66. The number of aliphatic hydroxyl groups excluding tert-OH is 1. The van der Waals surface area contributed by atoms with Gasteiger partial charge in [0.2, 0.25) is 0 Å². The summed E-state index contributed by atoms with van der Waals surface area (Å²) in [5, 5.41) is 17.1.